The zero-order valence-electron chi connectivity index (χ0n) is 17.2. The number of nitrogens with zero attached hydrogens (tertiary/aromatic N) is 1. The van der Waals surface area contributed by atoms with E-state index < -0.39 is 0 Å². The fourth-order valence-corrected chi connectivity index (χ4v) is 3.33. The van der Waals surface area contributed by atoms with Gasteiger partial charge in [0.2, 0.25) is 11.8 Å². The van der Waals surface area contributed by atoms with Crippen molar-refractivity contribution in [2.24, 2.45) is 11.3 Å². The maximum Gasteiger partial charge on any atom is 0.227 e. The first-order chi connectivity index (χ1) is 12.8. The van der Waals surface area contributed by atoms with E-state index in [1.165, 1.54) is 0 Å². The summed E-state index contributed by atoms with van der Waals surface area (Å²) in [5, 5.41) is 3.02. The lowest BCUT2D eigenvalue weighted by Crippen LogP contribution is -2.46. The van der Waals surface area contributed by atoms with Gasteiger partial charge in [0, 0.05) is 37.6 Å². The predicted octanol–water partition coefficient (Wildman–Crippen LogP) is 3.56. The SMILES string of the molecule is CC(OCCCNC(=O)C1CCN(C(=O)C(C)(C)C)CC1)c1ccccc1. The number of hydrogen-bond acceptors (Lipinski definition) is 3. The highest BCUT2D eigenvalue weighted by Crippen LogP contribution is 2.23. The van der Waals surface area contributed by atoms with Gasteiger partial charge in [-0.1, -0.05) is 51.1 Å². The van der Waals surface area contributed by atoms with Crippen LogP contribution in [0.25, 0.3) is 0 Å². The normalized spacial score (nSPS) is 16.8. The third kappa shape index (κ3) is 6.65. The quantitative estimate of drug-likeness (QED) is 0.743. The molecule has 150 valence electrons. The van der Waals surface area contributed by atoms with Crippen molar-refractivity contribution in [3.8, 4) is 0 Å². The molecule has 5 nitrogen and oxygen atoms in total. The van der Waals surface area contributed by atoms with Crippen LogP contribution in [0.4, 0.5) is 0 Å². The number of piperidine rings is 1. The van der Waals surface area contributed by atoms with Crippen LogP contribution in [0, 0.1) is 11.3 Å². The number of carbonyl (C=O) groups excluding carboxylic acids is 2. The first-order valence-corrected chi connectivity index (χ1v) is 10.0. The first-order valence-electron chi connectivity index (χ1n) is 10.0. The van der Waals surface area contributed by atoms with Crippen LogP contribution in [0.15, 0.2) is 30.3 Å². The second-order valence-corrected chi connectivity index (χ2v) is 8.38. The zero-order chi connectivity index (χ0) is 19.9. The fraction of sp³-hybridized carbons (Fsp3) is 0.636. The molecule has 5 heteroatoms. The van der Waals surface area contributed by atoms with Crippen molar-refractivity contribution >= 4 is 11.8 Å². The number of nitrogens with one attached hydrogen (secondary N) is 1. The summed E-state index contributed by atoms with van der Waals surface area (Å²) in [6.45, 7) is 10.5. The summed E-state index contributed by atoms with van der Waals surface area (Å²) in [6.07, 6.45) is 2.35. The Bertz CT molecular complexity index is 602. The van der Waals surface area contributed by atoms with E-state index >= 15 is 0 Å². The van der Waals surface area contributed by atoms with Gasteiger partial charge in [0.1, 0.15) is 0 Å². The number of rotatable bonds is 7. The topological polar surface area (TPSA) is 58.6 Å². The standard InChI is InChI=1S/C22H34N2O3/c1-17(18-9-6-5-7-10-18)27-16-8-13-23-20(25)19-11-14-24(15-12-19)21(26)22(2,3)4/h5-7,9-10,17,19H,8,11-16H2,1-4H3,(H,23,25). The molecule has 1 atom stereocenters. The molecule has 1 unspecified atom stereocenters. The Morgan fingerprint density at radius 3 is 2.41 bits per heavy atom. The maximum atomic E-state index is 12.3. The summed E-state index contributed by atoms with van der Waals surface area (Å²) in [7, 11) is 0. The van der Waals surface area contributed by atoms with Crippen LogP contribution in [-0.4, -0.2) is 43.0 Å². The van der Waals surface area contributed by atoms with Gasteiger partial charge in [-0.05, 0) is 31.7 Å². The summed E-state index contributed by atoms with van der Waals surface area (Å²) in [5.74, 6) is 0.290. The smallest absolute Gasteiger partial charge is 0.227 e. The lowest BCUT2D eigenvalue weighted by molar-refractivity contribution is -0.142. The molecule has 1 fully saturated rings. The average molecular weight is 375 g/mol. The first kappa shape index (κ1) is 21.4. The minimum Gasteiger partial charge on any atom is -0.374 e. The van der Waals surface area contributed by atoms with E-state index in [9.17, 15) is 9.59 Å². The molecule has 0 spiro atoms. The number of hydrogen-bond donors (Lipinski definition) is 1. The van der Waals surface area contributed by atoms with Gasteiger partial charge in [0.15, 0.2) is 0 Å². The second-order valence-electron chi connectivity index (χ2n) is 8.38. The summed E-state index contributed by atoms with van der Waals surface area (Å²) < 4.78 is 5.83. The van der Waals surface area contributed by atoms with Gasteiger partial charge in [-0.3, -0.25) is 9.59 Å². The average Bonchev–Trinajstić information content (AvgIpc) is 2.67. The van der Waals surface area contributed by atoms with Crippen molar-refractivity contribution in [2.75, 3.05) is 26.2 Å². The molecule has 1 aromatic rings. The molecule has 0 radical (unpaired) electrons. The largest absolute Gasteiger partial charge is 0.374 e. The molecule has 0 saturated carbocycles. The van der Waals surface area contributed by atoms with Gasteiger partial charge < -0.3 is 15.0 Å². The molecule has 1 aromatic carbocycles. The van der Waals surface area contributed by atoms with Gasteiger partial charge in [-0.2, -0.15) is 0 Å². The van der Waals surface area contributed by atoms with E-state index in [2.05, 4.69) is 17.4 Å². The fourth-order valence-electron chi connectivity index (χ4n) is 3.33. The molecule has 27 heavy (non-hydrogen) atoms. The zero-order valence-corrected chi connectivity index (χ0v) is 17.2. The molecular weight excluding hydrogens is 340 g/mol. The summed E-state index contributed by atoms with van der Waals surface area (Å²) in [5.41, 5.74) is 0.810. The van der Waals surface area contributed by atoms with E-state index in [4.69, 9.17) is 4.74 Å². The van der Waals surface area contributed by atoms with E-state index in [-0.39, 0.29) is 29.3 Å². The number of likely N-dealkylation sites (tertiary alicyclic amines) is 1. The third-order valence-corrected chi connectivity index (χ3v) is 5.05. The van der Waals surface area contributed by atoms with Gasteiger partial charge in [-0.25, -0.2) is 0 Å². The Kier molecular flexibility index (Phi) is 7.84. The van der Waals surface area contributed by atoms with Gasteiger partial charge in [-0.15, -0.1) is 0 Å². The van der Waals surface area contributed by atoms with E-state index in [1.807, 2.05) is 50.8 Å². The Morgan fingerprint density at radius 2 is 1.81 bits per heavy atom. The Morgan fingerprint density at radius 1 is 1.19 bits per heavy atom. The molecule has 0 aromatic heterocycles. The number of ether oxygens (including phenoxy) is 1. The molecule has 0 bridgehead atoms. The lowest BCUT2D eigenvalue weighted by atomic mass is 9.90. The minimum atomic E-state index is -0.355. The van der Waals surface area contributed by atoms with Crippen LogP contribution in [0.3, 0.4) is 0 Å². The van der Waals surface area contributed by atoms with Crippen molar-refractivity contribution < 1.29 is 14.3 Å². The van der Waals surface area contributed by atoms with Gasteiger partial charge in [0.25, 0.3) is 0 Å². The molecule has 1 aliphatic heterocycles. The molecular formula is C22H34N2O3. The second kappa shape index (κ2) is 9.88. The van der Waals surface area contributed by atoms with Crippen LogP contribution in [0.2, 0.25) is 0 Å². The van der Waals surface area contributed by atoms with Gasteiger partial charge in [0.05, 0.1) is 6.10 Å². The Hall–Kier alpha value is -1.88. The van der Waals surface area contributed by atoms with Gasteiger partial charge >= 0.3 is 0 Å². The maximum absolute atomic E-state index is 12.3. The van der Waals surface area contributed by atoms with Crippen LogP contribution < -0.4 is 5.32 Å². The Balaban J connectivity index is 1.61. The van der Waals surface area contributed by atoms with Crippen molar-refractivity contribution in [2.45, 2.75) is 53.1 Å². The Labute approximate surface area is 163 Å². The monoisotopic (exact) mass is 374 g/mol. The molecule has 1 heterocycles. The molecule has 1 N–H and O–H groups in total. The van der Waals surface area contributed by atoms with E-state index in [0.717, 1.165) is 24.8 Å². The summed E-state index contributed by atoms with van der Waals surface area (Å²) in [4.78, 5) is 26.5. The van der Waals surface area contributed by atoms with Crippen LogP contribution >= 0.6 is 0 Å². The van der Waals surface area contributed by atoms with Crippen LogP contribution in [-0.2, 0) is 14.3 Å². The van der Waals surface area contributed by atoms with Crippen molar-refractivity contribution in [3.05, 3.63) is 35.9 Å². The highest BCUT2D eigenvalue weighted by molar-refractivity contribution is 5.82. The number of carbonyl (C=O) groups is 2. The predicted molar refractivity (Wildman–Crippen MR) is 107 cm³/mol. The van der Waals surface area contributed by atoms with Crippen molar-refractivity contribution in [1.82, 2.24) is 10.2 Å². The summed E-state index contributed by atoms with van der Waals surface area (Å²) in [6, 6.07) is 10.1. The summed E-state index contributed by atoms with van der Waals surface area (Å²) >= 11 is 0. The molecule has 1 aliphatic rings. The van der Waals surface area contributed by atoms with E-state index in [1.54, 1.807) is 0 Å². The molecule has 2 amide bonds. The highest BCUT2D eigenvalue weighted by Gasteiger charge is 2.32. The van der Waals surface area contributed by atoms with Crippen molar-refractivity contribution in [3.63, 3.8) is 0 Å². The van der Waals surface area contributed by atoms with Crippen LogP contribution in [0.1, 0.15) is 58.6 Å². The van der Waals surface area contributed by atoms with E-state index in [0.29, 0.717) is 26.2 Å². The lowest BCUT2D eigenvalue weighted by Gasteiger charge is -2.35. The number of benzene rings is 1. The molecule has 0 aliphatic carbocycles. The number of amides is 2. The molecule has 2 rings (SSSR count). The third-order valence-electron chi connectivity index (χ3n) is 5.05. The highest BCUT2D eigenvalue weighted by atomic mass is 16.5. The minimum absolute atomic E-state index is 0.0122. The van der Waals surface area contributed by atoms with Crippen molar-refractivity contribution in [1.29, 1.82) is 0 Å². The molecule has 1 saturated heterocycles. The van der Waals surface area contributed by atoms with Crippen LogP contribution in [0.5, 0.6) is 0 Å².